The average molecular weight is 580 g/mol. The van der Waals surface area contributed by atoms with Crippen LogP contribution in [0.2, 0.25) is 0 Å². The second kappa shape index (κ2) is 12.6. The molecule has 2 aliphatic carbocycles. The molecule has 0 radical (unpaired) electrons. The fourth-order valence-electron chi connectivity index (χ4n) is 7.79. The van der Waals surface area contributed by atoms with E-state index in [-0.39, 0.29) is 47.3 Å². The average Bonchev–Trinajstić information content (AvgIpc) is 3.32. The minimum Gasteiger partial charge on any atom is -0.458 e. The summed E-state index contributed by atoms with van der Waals surface area (Å²) in [7, 11) is 0. The van der Waals surface area contributed by atoms with Crippen molar-refractivity contribution in [2.24, 2.45) is 40.5 Å². The molecule has 1 aromatic heterocycles. The molecule has 4 rings (SSSR count). The Kier molecular flexibility index (Phi) is 9.53. The van der Waals surface area contributed by atoms with Gasteiger partial charge in [-0.1, -0.05) is 41.5 Å². The molecule has 0 bridgehead atoms. The minimum atomic E-state index is -0.477. The summed E-state index contributed by atoms with van der Waals surface area (Å²) >= 11 is 0. The van der Waals surface area contributed by atoms with Gasteiger partial charge in [-0.15, -0.1) is 0 Å². The third-order valence-electron chi connectivity index (χ3n) is 9.51. The Morgan fingerprint density at radius 3 is 1.76 bits per heavy atom. The van der Waals surface area contributed by atoms with Gasteiger partial charge in [0.2, 0.25) is 5.91 Å². The first kappa shape index (κ1) is 31.8. The lowest BCUT2D eigenvalue weighted by Crippen LogP contribution is -2.39. The van der Waals surface area contributed by atoms with E-state index in [9.17, 15) is 14.4 Å². The molecule has 4 atom stereocenters. The lowest BCUT2D eigenvalue weighted by atomic mass is 9.75. The molecule has 8 nitrogen and oxygen atoms in total. The van der Waals surface area contributed by atoms with Crippen molar-refractivity contribution in [3.05, 3.63) is 39.4 Å². The number of hydrogen-bond donors (Lipinski definition) is 2. The van der Waals surface area contributed by atoms with Crippen LogP contribution in [-0.2, 0) is 19.1 Å². The highest BCUT2D eigenvalue weighted by Crippen LogP contribution is 2.38. The topological polar surface area (TPSA) is 110 Å². The maximum absolute atomic E-state index is 13.6. The molecule has 42 heavy (non-hydrogen) atoms. The van der Waals surface area contributed by atoms with Gasteiger partial charge in [0.15, 0.2) is 0 Å². The number of carbonyl (C=O) groups is 3. The Morgan fingerprint density at radius 1 is 0.810 bits per heavy atom. The van der Waals surface area contributed by atoms with Crippen molar-refractivity contribution in [3.63, 3.8) is 0 Å². The number of H-pyrrole nitrogens is 1. The number of aromatic amines is 1. The SMILES string of the molecule is CC(=O)NC1=N/C(=C\c2[nH]c(C)c(C(=O)OC3C(C)CC(C)CC3C)c2C)C(C)=C1C(=O)OC1C(C)CC(C)CC1C. The van der Waals surface area contributed by atoms with Gasteiger partial charge >= 0.3 is 11.9 Å². The van der Waals surface area contributed by atoms with Gasteiger partial charge in [-0.2, -0.15) is 0 Å². The van der Waals surface area contributed by atoms with E-state index in [4.69, 9.17) is 9.47 Å². The molecule has 0 spiro atoms. The molecule has 230 valence electrons. The number of carbonyl (C=O) groups excluding carboxylic acids is 3. The largest absolute Gasteiger partial charge is 0.458 e. The van der Waals surface area contributed by atoms with Crippen molar-refractivity contribution in [1.29, 1.82) is 0 Å². The highest BCUT2D eigenvalue weighted by atomic mass is 16.5. The zero-order chi connectivity index (χ0) is 31.0. The third kappa shape index (κ3) is 6.57. The van der Waals surface area contributed by atoms with Crippen LogP contribution in [0.3, 0.4) is 0 Å². The number of amidine groups is 1. The van der Waals surface area contributed by atoms with Crippen LogP contribution in [0.15, 0.2) is 21.8 Å². The lowest BCUT2D eigenvalue weighted by molar-refractivity contribution is -0.152. The van der Waals surface area contributed by atoms with Crippen LogP contribution < -0.4 is 5.32 Å². The molecule has 1 aliphatic heterocycles. The predicted octanol–water partition coefficient (Wildman–Crippen LogP) is 6.68. The molecule has 2 heterocycles. The molecule has 8 heteroatoms. The van der Waals surface area contributed by atoms with Crippen LogP contribution in [-0.4, -0.2) is 40.9 Å². The van der Waals surface area contributed by atoms with Gasteiger partial charge in [0.25, 0.3) is 0 Å². The Bertz CT molecular complexity index is 1310. The fraction of sp³-hybridized carbons (Fsp3) is 0.647. The molecule has 1 aromatic rings. The van der Waals surface area contributed by atoms with E-state index in [0.717, 1.165) is 31.2 Å². The van der Waals surface area contributed by atoms with E-state index in [2.05, 4.69) is 56.8 Å². The van der Waals surface area contributed by atoms with Gasteiger partial charge in [0.1, 0.15) is 23.6 Å². The van der Waals surface area contributed by atoms with Gasteiger partial charge in [0, 0.05) is 18.3 Å². The fourth-order valence-corrected chi connectivity index (χ4v) is 7.79. The maximum Gasteiger partial charge on any atom is 0.342 e. The van der Waals surface area contributed by atoms with Crippen LogP contribution in [0.1, 0.15) is 108 Å². The Hall–Kier alpha value is -3.16. The van der Waals surface area contributed by atoms with Gasteiger partial charge in [-0.05, 0) is 99.2 Å². The van der Waals surface area contributed by atoms with E-state index < -0.39 is 5.97 Å². The summed E-state index contributed by atoms with van der Waals surface area (Å²) in [5.74, 6) is 1.41. The van der Waals surface area contributed by atoms with Gasteiger partial charge in [0.05, 0.1) is 11.3 Å². The Balaban J connectivity index is 1.61. The second-order valence-electron chi connectivity index (χ2n) is 13.6. The summed E-state index contributed by atoms with van der Waals surface area (Å²) in [6.45, 7) is 20.0. The number of nitrogens with zero attached hydrogens (tertiary/aromatic N) is 1. The normalized spacial score (nSPS) is 32.5. The molecule has 2 N–H and O–H groups in total. The van der Waals surface area contributed by atoms with E-state index in [0.29, 0.717) is 51.9 Å². The first-order chi connectivity index (χ1) is 19.7. The van der Waals surface area contributed by atoms with E-state index in [1.54, 1.807) is 0 Å². The predicted molar refractivity (Wildman–Crippen MR) is 165 cm³/mol. The quantitative estimate of drug-likeness (QED) is 0.378. The number of hydrogen-bond acceptors (Lipinski definition) is 6. The Labute approximate surface area is 250 Å². The van der Waals surface area contributed by atoms with Crippen LogP contribution >= 0.6 is 0 Å². The highest BCUT2D eigenvalue weighted by Gasteiger charge is 2.38. The second-order valence-corrected chi connectivity index (χ2v) is 13.6. The summed E-state index contributed by atoms with van der Waals surface area (Å²) in [4.78, 5) is 46.9. The number of amides is 1. The maximum atomic E-state index is 13.6. The molecular formula is C34H49N3O5. The number of aromatic nitrogens is 1. The highest BCUT2D eigenvalue weighted by molar-refractivity contribution is 6.25. The van der Waals surface area contributed by atoms with Crippen molar-refractivity contribution >= 4 is 29.8 Å². The first-order valence-electron chi connectivity index (χ1n) is 15.6. The molecule has 2 saturated carbocycles. The zero-order valence-electron chi connectivity index (χ0n) is 27.0. The molecule has 4 unspecified atom stereocenters. The molecule has 0 aromatic carbocycles. The molecule has 2 fully saturated rings. The van der Waals surface area contributed by atoms with Crippen molar-refractivity contribution in [3.8, 4) is 0 Å². The summed E-state index contributed by atoms with van der Waals surface area (Å²) in [6, 6.07) is 0. The van der Waals surface area contributed by atoms with Crippen molar-refractivity contribution in [2.75, 3.05) is 0 Å². The standard InChI is InChI=1S/C34H49N3O5/c1-16-11-18(3)30(19(4)12-16)41-33(39)28-22(7)26(35-24(28)9)15-27-23(8)29(32(37-27)36-25(10)38)34(40)42-31-20(5)13-17(2)14-21(31)6/h15-21,30-31,35H,11-14H2,1-10H3,(H,36,37,38)/b27-15-. The smallest absolute Gasteiger partial charge is 0.342 e. The van der Waals surface area contributed by atoms with Crippen LogP contribution in [0.25, 0.3) is 6.08 Å². The number of allylic oxidation sites excluding steroid dienone is 1. The van der Waals surface area contributed by atoms with Gasteiger partial charge < -0.3 is 19.8 Å². The summed E-state index contributed by atoms with van der Waals surface area (Å²) in [5, 5.41) is 2.72. The number of rotatable bonds is 5. The third-order valence-corrected chi connectivity index (χ3v) is 9.51. The molecule has 0 saturated heterocycles. The first-order valence-corrected chi connectivity index (χ1v) is 15.6. The molecule has 3 aliphatic rings. The van der Waals surface area contributed by atoms with Crippen molar-refractivity contribution in [2.45, 2.75) is 107 Å². The number of esters is 2. The van der Waals surface area contributed by atoms with Crippen LogP contribution in [0.5, 0.6) is 0 Å². The van der Waals surface area contributed by atoms with Crippen LogP contribution in [0, 0.1) is 49.4 Å². The van der Waals surface area contributed by atoms with E-state index >= 15 is 0 Å². The monoisotopic (exact) mass is 579 g/mol. The van der Waals surface area contributed by atoms with Gasteiger partial charge in [-0.25, -0.2) is 14.6 Å². The summed E-state index contributed by atoms with van der Waals surface area (Å²) in [6.07, 6.45) is 5.62. The lowest BCUT2D eigenvalue weighted by Gasteiger charge is -2.37. The summed E-state index contributed by atoms with van der Waals surface area (Å²) in [5.41, 5.74) is 4.11. The molecule has 1 amide bonds. The molecular weight excluding hydrogens is 530 g/mol. The van der Waals surface area contributed by atoms with Crippen LogP contribution in [0.4, 0.5) is 0 Å². The minimum absolute atomic E-state index is 0.111. The zero-order valence-corrected chi connectivity index (χ0v) is 27.0. The van der Waals surface area contributed by atoms with E-state index in [1.807, 2.05) is 26.8 Å². The van der Waals surface area contributed by atoms with Gasteiger partial charge in [-0.3, -0.25) is 4.79 Å². The summed E-state index contributed by atoms with van der Waals surface area (Å²) < 4.78 is 12.2. The van der Waals surface area contributed by atoms with Crippen molar-refractivity contribution in [1.82, 2.24) is 10.3 Å². The number of aliphatic imine (C=N–C) groups is 1. The number of ether oxygens (including phenoxy) is 2. The number of nitrogens with one attached hydrogen (secondary N) is 2. The van der Waals surface area contributed by atoms with E-state index in [1.165, 1.54) is 6.92 Å². The number of aryl methyl sites for hydroxylation is 1. The van der Waals surface area contributed by atoms with Crippen molar-refractivity contribution < 1.29 is 23.9 Å². The Morgan fingerprint density at radius 2 is 1.29 bits per heavy atom.